The van der Waals surface area contributed by atoms with Crippen LogP contribution in [0.25, 0.3) is 0 Å². The van der Waals surface area contributed by atoms with Crippen LogP contribution in [0.2, 0.25) is 0 Å². The van der Waals surface area contributed by atoms with Crippen LogP contribution in [0, 0.1) is 17.3 Å². The Bertz CT molecular complexity index is 611. The molecule has 0 fully saturated rings. The number of carbonyl (C=O) groups excluding carboxylic acids is 1. The second kappa shape index (κ2) is 19.7. The zero-order valence-electron chi connectivity index (χ0n) is 24.2. The molecule has 0 aromatic carbocycles. The van der Waals surface area contributed by atoms with Crippen LogP contribution in [0.5, 0.6) is 0 Å². The molecule has 0 heterocycles. The third-order valence-corrected chi connectivity index (χ3v) is 8.01. The Morgan fingerprint density at radius 2 is 1.31 bits per heavy atom. The number of aliphatic carboxylic acids is 1. The average Bonchev–Trinajstić information content (AvgIpc) is 2.84. The molecule has 4 nitrogen and oxygen atoms in total. The van der Waals surface area contributed by atoms with Crippen molar-refractivity contribution < 1.29 is 19.4 Å². The first-order valence-electron chi connectivity index (χ1n) is 15.4. The topological polar surface area (TPSA) is 63.6 Å². The molecule has 0 aromatic heterocycles. The first kappa shape index (κ1) is 32.7. The highest BCUT2D eigenvalue weighted by atomic mass is 16.5. The van der Waals surface area contributed by atoms with Crippen molar-refractivity contribution in [3.05, 3.63) is 12.2 Å². The maximum Gasteiger partial charge on any atom is 0.316 e. The number of unbranched alkanes of at least 4 members (excludes halogenated alkanes) is 13. The summed E-state index contributed by atoms with van der Waals surface area (Å²) < 4.78 is 6.06. The smallest absolute Gasteiger partial charge is 0.316 e. The van der Waals surface area contributed by atoms with E-state index in [1.165, 1.54) is 89.9 Å². The van der Waals surface area contributed by atoms with Crippen molar-refractivity contribution in [2.45, 2.75) is 162 Å². The zero-order valence-corrected chi connectivity index (χ0v) is 24.2. The number of esters is 1. The van der Waals surface area contributed by atoms with Gasteiger partial charge in [0.2, 0.25) is 0 Å². The Kier molecular flexibility index (Phi) is 17.9. The molecule has 1 aliphatic carbocycles. The summed E-state index contributed by atoms with van der Waals surface area (Å²) in [5, 5.41) is 9.69. The molecule has 1 rings (SSSR count). The van der Waals surface area contributed by atoms with E-state index in [0.29, 0.717) is 12.8 Å². The number of carboxylic acid groups (broad SMARTS) is 1. The van der Waals surface area contributed by atoms with Gasteiger partial charge in [-0.2, -0.15) is 0 Å². The summed E-state index contributed by atoms with van der Waals surface area (Å²) in [5.74, 6) is -1.19. The lowest BCUT2D eigenvalue weighted by Crippen LogP contribution is -2.42. The van der Waals surface area contributed by atoms with Crippen molar-refractivity contribution in [1.29, 1.82) is 0 Å². The number of carboxylic acids is 1. The first-order chi connectivity index (χ1) is 17.3. The average molecular weight is 507 g/mol. The van der Waals surface area contributed by atoms with Gasteiger partial charge in [-0.05, 0) is 51.4 Å². The first-order valence-corrected chi connectivity index (χ1v) is 15.4. The van der Waals surface area contributed by atoms with Crippen molar-refractivity contribution in [3.63, 3.8) is 0 Å². The lowest BCUT2D eigenvalue weighted by atomic mass is 9.71. The predicted octanol–water partition coefficient (Wildman–Crippen LogP) is 9.65. The van der Waals surface area contributed by atoms with Gasteiger partial charge in [-0.1, -0.05) is 123 Å². The summed E-state index contributed by atoms with van der Waals surface area (Å²) >= 11 is 0. The molecule has 0 spiro atoms. The number of ether oxygens (including phenoxy) is 1. The highest BCUT2D eigenvalue weighted by Gasteiger charge is 2.46. The van der Waals surface area contributed by atoms with E-state index in [1.807, 2.05) is 6.08 Å². The zero-order chi connectivity index (χ0) is 26.7. The molecule has 210 valence electrons. The molecule has 3 atom stereocenters. The lowest BCUT2D eigenvalue weighted by Gasteiger charge is -2.34. The van der Waals surface area contributed by atoms with Crippen LogP contribution >= 0.6 is 0 Å². The van der Waals surface area contributed by atoms with E-state index in [1.54, 1.807) is 13.0 Å². The molecule has 1 N–H and O–H groups in total. The molecular formula is C32H58O4. The van der Waals surface area contributed by atoms with Crippen LogP contribution < -0.4 is 0 Å². The number of allylic oxidation sites excluding steroid dienone is 1. The van der Waals surface area contributed by atoms with E-state index in [-0.39, 0.29) is 12.1 Å². The fourth-order valence-electron chi connectivity index (χ4n) is 5.45. The van der Waals surface area contributed by atoms with Crippen molar-refractivity contribution >= 4 is 11.9 Å². The third kappa shape index (κ3) is 13.8. The lowest BCUT2D eigenvalue weighted by molar-refractivity contribution is -0.168. The predicted molar refractivity (Wildman–Crippen MR) is 151 cm³/mol. The van der Waals surface area contributed by atoms with E-state index in [4.69, 9.17) is 4.74 Å². The van der Waals surface area contributed by atoms with Gasteiger partial charge in [0.05, 0.1) is 11.3 Å². The molecule has 3 unspecified atom stereocenters. The fourth-order valence-corrected chi connectivity index (χ4v) is 5.45. The van der Waals surface area contributed by atoms with Gasteiger partial charge >= 0.3 is 11.9 Å². The van der Waals surface area contributed by atoms with Gasteiger partial charge in [0, 0.05) is 0 Å². The number of hydrogen-bond donors (Lipinski definition) is 1. The van der Waals surface area contributed by atoms with Gasteiger partial charge in [-0.15, -0.1) is 0 Å². The molecule has 36 heavy (non-hydrogen) atoms. The maximum absolute atomic E-state index is 13.2. The summed E-state index contributed by atoms with van der Waals surface area (Å²) in [6.07, 6.45) is 27.0. The van der Waals surface area contributed by atoms with Gasteiger partial charge in [0.1, 0.15) is 6.10 Å². The summed E-state index contributed by atoms with van der Waals surface area (Å²) in [6.45, 7) is 8.55. The van der Waals surface area contributed by atoms with E-state index < -0.39 is 17.3 Å². The molecule has 0 saturated heterocycles. The summed E-state index contributed by atoms with van der Waals surface area (Å²) in [4.78, 5) is 25.0. The minimum Gasteiger partial charge on any atom is -0.481 e. The van der Waals surface area contributed by atoms with Crippen LogP contribution in [-0.4, -0.2) is 23.1 Å². The summed E-state index contributed by atoms with van der Waals surface area (Å²) in [5.41, 5.74) is -1.06. The maximum atomic E-state index is 13.2. The van der Waals surface area contributed by atoms with E-state index >= 15 is 0 Å². The Hall–Kier alpha value is -1.32. The largest absolute Gasteiger partial charge is 0.481 e. The standard InChI is InChI=1S/C32H58O4/c1-5-6-7-8-9-10-11-12-13-14-18-23-28(24-19-16-15-17-22-27(2)3)36-31(35)32(4)26-21-20-25-29(32)30(33)34/h21,26-29H,5-20,22-25H2,1-4H3,(H,33,34). The molecule has 0 radical (unpaired) electrons. The second-order valence-electron chi connectivity index (χ2n) is 11.9. The van der Waals surface area contributed by atoms with Crippen LogP contribution in [0.3, 0.4) is 0 Å². The fraction of sp³-hybridized carbons (Fsp3) is 0.875. The van der Waals surface area contributed by atoms with E-state index in [2.05, 4.69) is 20.8 Å². The van der Waals surface area contributed by atoms with Crippen molar-refractivity contribution in [2.24, 2.45) is 17.3 Å². The van der Waals surface area contributed by atoms with Crippen molar-refractivity contribution in [1.82, 2.24) is 0 Å². The Balaban J connectivity index is 2.46. The minimum absolute atomic E-state index is 0.0947. The number of rotatable bonds is 22. The van der Waals surface area contributed by atoms with Gasteiger partial charge in [0.25, 0.3) is 0 Å². The minimum atomic E-state index is -1.06. The van der Waals surface area contributed by atoms with Crippen molar-refractivity contribution in [3.8, 4) is 0 Å². The van der Waals surface area contributed by atoms with Crippen molar-refractivity contribution in [2.75, 3.05) is 0 Å². The summed E-state index contributed by atoms with van der Waals surface area (Å²) in [7, 11) is 0. The molecule has 0 aromatic rings. The quantitative estimate of drug-likeness (QED) is 0.0901. The monoisotopic (exact) mass is 506 g/mol. The van der Waals surface area contributed by atoms with Crippen LogP contribution in [-0.2, 0) is 14.3 Å². The second-order valence-corrected chi connectivity index (χ2v) is 11.9. The van der Waals surface area contributed by atoms with Gasteiger partial charge in [-0.3, -0.25) is 9.59 Å². The van der Waals surface area contributed by atoms with Crippen LogP contribution in [0.4, 0.5) is 0 Å². The highest BCUT2D eigenvalue weighted by molar-refractivity contribution is 5.86. The van der Waals surface area contributed by atoms with Crippen LogP contribution in [0.1, 0.15) is 156 Å². The molecule has 4 heteroatoms. The van der Waals surface area contributed by atoms with E-state index in [9.17, 15) is 14.7 Å². The van der Waals surface area contributed by atoms with Gasteiger partial charge in [0.15, 0.2) is 0 Å². The molecule has 0 saturated carbocycles. The summed E-state index contributed by atoms with van der Waals surface area (Å²) in [6, 6.07) is 0. The normalized spacial score (nSPS) is 20.5. The molecular weight excluding hydrogens is 448 g/mol. The Labute approximate surface area is 223 Å². The highest BCUT2D eigenvalue weighted by Crippen LogP contribution is 2.38. The molecule has 0 bridgehead atoms. The number of carbonyl (C=O) groups is 2. The Morgan fingerprint density at radius 1 is 0.833 bits per heavy atom. The number of hydrogen-bond acceptors (Lipinski definition) is 3. The molecule has 0 aliphatic heterocycles. The van der Waals surface area contributed by atoms with Crippen LogP contribution in [0.15, 0.2) is 12.2 Å². The SMILES string of the molecule is CCCCCCCCCCCCCC(CCCCCCC(C)C)OC(=O)C1(C)C=CCCC1C(=O)O. The van der Waals surface area contributed by atoms with Gasteiger partial charge in [-0.25, -0.2) is 0 Å². The molecule has 1 aliphatic rings. The Morgan fingerprint density at radius 3 is 1.78 bits per heavy atom. The molecule has 0 amide bonds. The third-order valence-electron chi connectivity index (χ3n) is 8.01. The van der Waals surface area contributed by atoms with E-state index in [0.717, 1.165) is 31.6 Å². The van der Waals surface area contributed by atoms with Gasteiger partial charge < -0.3 is 9.84 Å².